The Hall–Kier alpha value is -0.540. The summed E-state index contributed by atoms with van der Waals surface area (Å²) in [5, 5.41) is 39.0. The number of unbranched alkanes of at least 4 members (excludes halogenated alkanes) is 11. The van der Waals surface area contributed by atoms with Gasteiger partial charge in [0.2, 0.25) is 0 Å². The molecule has 0 aliphatic carbocycles. The highest BCUT2D eigenvalue weighted by molar-refractivity contribution is 4.94. The van der Waals surface area contributed by atoms with E-state index in [2.05, 4.69) is 6.92 Å². The Morgan fingerprint density at radius 3 is 2.10 bits per heavy atom. The average Bonchev–Trinajstić information content (AvgIpc) is 2.74. The van der Waals surface area contributed by atoms with Crippen LogP contribution in [-0.2, 0) is 9.47 Å². The third kappa shape index (κ3) is 11.7. The van der Waals surface area contributed by atoms with Crippen molar-refractivity contribution in [2.24, 2.45) is 5.73 Å². The van der Waals surface area contributed by atoms with Gasteiger partial charge in [-0.25, -0.2) is 0 Å². The Morgan fingerprint density at radius 2 is 1.50 bits per heavy atom. The predicted octanol–water partition coefficient (Wildman–Crippen LogP) is 2.39. The predicted molar refractivity (Wildman–Crippen MR) is 118 cm³/mol. The van der Waals surface area contributed by atoms with Gasteiger partial charge in [-0.15, -0.1) is 0 Å². The maximum atomic E-state index is 10.1. The summed E-state index contributed by atoms with van der Waals surface area (Å²) in [6.45, 7) is 2.09. The van der Waals surface area contributed by atoms with Crippen LogP contribution < -0.4 is 5.73 Å². The van der Waals surface area contributed by atoms with E-state index < -0.39 is 36.7 Å². The van der Waals surface area contributed by atoms with Crippen molar-refractivity contribution in [1.82, 2.24) is 0 Å². The minimum absolute atomic E-state index is 0.0332. The zero-order valence-corrected chi connectivity index (χ0v) is 18.7. The van der Waals surface area contributed by atoms with Crippen LogP contribution in [0.5, 0.6) is 0 Å². The fourth-order valence-corrected chi connectivity index (χ4v) is 3.54. The molecule has 0 spiro atoms. The van der Waals surface area contributed by atoms with Crippen LogP contribution in [0.1, 0.15) is 84.0 Å². The highest BCUT2D eigenvalue weighted by atomic mass is 16.7. The number of aliphatic hydroxyl groups is 4. The number of rotatable bonds is 17. The second-order valence-electron chi connectivity index (χ2n) is 8.49. The summed E-state index contributed by atoms with van der Waals surface area (Å²) < 4.78 is 10.5. The van der Waals surface area contributed by atoms with Gasteiger partial charge < -0.3 is 35.6 Å². The topological polar surface area (TPSA) is 125 Å². The molecule has 7 nitrogen and oxygen atoms in total. The van der Waals surface area contributed by atoms with Gasteiger partial charge in [0.05, 0.1) is 25.4 Å². The van der Waals surface area contributed by atoms with Crippen molar-refractivity contribution in [3.63, 3.8) is 0 Å². The molecular weight excluding hydrogens is 386 g/mol. The number of hydrogen-bond acceptors (Lipinski definition) is 7. The van der Waals surface area contributed by atoms with Crippen LogP contribution in [0.15, 0.2) is 12.2 Å². The molecule has 6 atom stereocenters. The molecule has 1 saturated heterocycles. The van der Waals surface area contributed by atoms with E-state index >= 15 is 0 Å². The van der Waals surface area contributed by atoms with Gasteiger partial charge in [0.25, 0.3) is 0 Å². The molecule has 0 bridgehead atoms. The second-order valence-corrected chi connectivity index (χ2v) is 8.49. The van der Waals surface area contributed by atoms with E-state index in [1.165, 1.54) is 64.2 Å². The quantitative estimate of drug-likeness (QED) is 0.177. The van der Waals surface area contributed by atoms with Crippen LogP contribution in [0, 0.1) is 0 Å². The highest BCUT2D eigenvalue weighted by Crippen LogP contribution is 2.17. The van der Waals surface area contributed by atoms with E-state index in [1.807, 2.05) is 6.08 Å². The fraction of sp³-hybridized carbons (Fsp3) is 0.913. The highest BCUT2D eigenvalue weighted by Gasteiger charge is 2.38. The maximum absolute atomic E-state index is 10.1. The van der Waals surface area contributed by atoms with E-state index in [9.17, 15) is 20.4 Å². The summed E-state index contributed by atoms with van der Waals surface area (Å²) in [5.74, 6) is 0. The number of ether oxygens (including phenoxy) is 2. The summed E-state index contributed by atoms with van der Waals surface area (Å²) >= 11 is 0. The first-order valence-corrected chi connectivity index (χ1v) is 11.8. The Bertz CT molecular complexity index is 436. The molecule has 178 valence electrons. The van der Waals surface area contributed by atoms with Gasteiger partial charge in [0, 0.05) is 0 Å². The summed E-state index contributed by atoms with van der Waals surface area (Å²) in [6.07, 6.45) is 13.2. The van der Waals surface area contributed by atoms with Crippen LogP contribution in [-0.4, -0.2) is 70.4 Å². The minimum Gasteiger partial charge on any atom is -0.388 e. The molecule has 1 heterocycles. The van der Waals surface area contributed by atoms with Crippen molar-refractivity contribution in [2.75, 3.05) is 13.2 Å². The Morgan fingerprint density at radius 1 is 0.933 bits per heavy atom. The SMILES string of the molecule is CCCCCCCCCCCCC/C=C/[C@@H](O)[C@@H](N)COC1OCC(O)C(O)C1O. The number of nitrogens with two attached hydrogens (primary N) is 1. The Balaban J connectivity index is 2.01. The largest absolute Gasteiger partial charge is 0.388 e. The lowest BCUT2D eigenvalue weighted by Crippen LogP contribution is -2.54. The molecule has 0 amide bonds. The average molecular weight is 432 g/mol. The zero-order chi connectivity index (χ0) is 22.2. The van der Waals surface area contributed by atoms with E-state index in [-0.39, 0.29) is 13.2 Å². The maximum Gasteiger partial charge on any atom is 0.186 e. The van der Waals surface area contributed by atoms with E-state index in [0.29, 0.717) is 0 Å². The number of allylic oxidation sites excluding steroid dienone is 1. The molecule has 0 radical (unpaired) electrons. The van der Waals surface area contributed by atoms with Gasteiger partial charge in [0.15, 0.2) is 6.29 Å². The molecule has 1 aliphatic heterocycles. The van der Waals surface area contributed by atoms with Gasteiger partial charge in [-0.1, -0.05) is 83.3 Å². The van der Waals surface area contributed by atoms with Crippen molar-refractivity contribution < 1.29 is 29.9 Å². The summed E-state index contributed by atoms with van der Waals surface area (Å²) in [5.41, 5.74) is 5.91. The van der Waals surface area contributed by atoms with Crippen molar-refractivity contribution in [2.45, 2.75) is 121 Å². The number of hydrogen-bond donors (Lipinski definition) is 5. The van der Waals surface area contributed by atoms with Crippen LogP contribution in [0.4, 0.5) is 0 Å². The van der Waals surface area contributed by atoms with E-state index in [4.69, 9.17) is 15.2 Å². The molecule has 0 aromatic heterocycles. The smallest absolute Gasteiger partial charge is 0.186 e. The van der Waals surface area contributed by atoms with Crippen LogP contribution in [0.25, 0.3) is 0 Å². The van der Waals surface area contributed by atoms with Gasteiger partial charge in [-0.05, 0) is 12.8 Å². The van der Waals surface area contributed by atoms with Crippen molar-refractivity contribution in [3.05, 3.63) is 12.2 Å². The molecule has 4 unspecified atom stereocenters. The van der Waals surface area contributed by atoms with Crippen LogP contribution in [0.3, 0.4) is 0 Å². The zero-order valence-electron chi connectivity index (χ0n) is 18.7. The van der Waals surface area contributed by atoms with Crippen molar-refractivity contribution in [1.29, 1.82) is 0 Å². The molecule has 1 fully saturated rings. The molecule has 1 aliphatic rings. The van der Waals surface area contributed by atoms with Gasteiger partial charge in [0.1, 0.15) is 18.3 Å². The van der Waals surface area contributed by atoms with Crippen LogP contribution in [0.2, 0.25) is 0 Å². The summed E-state index contributed by atoms with van der Waals surface area (Å²) in [4.78, 5) is 0. The molecule has 7 heteroatoms. The second kappa shape index (κ2) is 17.1. The molecule has 6 N–H and O–H groups in total. The first-order chi connectivity index (χ1) is 14.5. The standard InChI is InChI=1S/C23H45NO6/c1-2-3-4-5-6-7-8-9-10-11-12-13-14-15-19(25)18(24)16-29-23-22(28)21(27)20(26)17-30-23/h14-15,18-23,25-28H,2-13,16-17,24H2,1H3/b15-14+/t18-,19+,20?,21?,22?,23?/m0/s1. The Labute approximate surface area is 182 Å². The molecule has 1 rings (SSSR count). The van der Waals surface area contributed by atoms with Gasteiger partial charge in [-0.3, -0.25) is 0 Å². The molecule has 30 heavy (non-hydrogen) atoms. The lowest BCUT2D eigenvalue weighted by molar-refractivity contribution is -0.271. The Kier molecular flexibility index (Phi) is 15.6. The third-order valence-electron chi connectivity index (χ3n) is 5.65. The summed E-state index contributed by atoms with van der Waals surface area (Å²) in [7, 11) is 0. The lowest BCUT2D eigenvalue weighted by Gasteiger charge is -2.35. The van der Waals surface area contributed by atoms with Gasteiger partial charge in [-0.2, -0.15) is 0 Å². The number of aliphatic hydroxyl groups excluding tert-OH is 4. The van der Waals surface area contributed by atoms with Crippen molar-refractivity contribution >= 4 is 0 Å². The third-order valence-corrected chi connectivity index (χ3v) is 5.65. The van der Waals surface area contributed by atoms with E-state index in [1.54, 1.807) is 6.08 Å². The monoisotopic (exact) mass is 431 g/mol. The van der Waals surface area contributed by atoms with Gasteiger partial charge >= 0.3 is 0 Å². The first kappa shape index (κ1) is 27.5. The van der Waals surface area contributed by atoms with Crippen LogP contribution >= 0.6 is 0 Å². The molecule has 0 aromatic rings. The summed E-state index contributed by atoms with van der Waals surface area (Å²) in [6, 6.07) is -0.668. The van der Waals surface area contributed by atoms with Crippen molar-refractivity contribution in [3.8, 4) is 0 Å². The molecule has 0 saturated carbocycles. The molecular formula is C23H45NO6. The van der Waals surface area contributed by atoms with E-state index in [0.717, 1.165) is 12.8 Å². The fourth-order valence-electron chi connectivity index (χ4n) is 3.54. The first-order valence-electron chi connectivity index (χ1n) is 11.8. The molecule has 0 aromatic carbocycles. The normalized spacial score (nSPS) is 26.9. The lowest BCUT2D eigenvalue weighted by atomic mass is 10.0. The minimum atomic E-state index is -1.35.